The van der Waals surface area contributed by atoms with E-state index >= 15 is 0 Å². The lowest BCUT2D eigenvalue weighted by molar-refractivity contribution is 0.0917. The number of hydrogen-bond acceptors (Lipinski definition) is 3. The SMILES string of the molecule is COc1ccc(F)cc1C(=O)COc1cc(Br)ccc1C. The minimum absolute atomic E-state index is 0.171. The van der Waals surface area contributed by atoms with E-state index in [2.05, 4.69) is 15.9 Å². The molecule has 21 heavy (non-hydrogen) atoms. The zero-order valence-electron chi connectivity index (χ0n) is 11.7. The van der Waals surface area contributed by atoms with Crippen LogP contribution in [0.1, 0.15) is 15.9 Å². The van der Waals surface area contributed by atoms with Crippen LogP contribution in [0.25, 0.3) is 0 Å². The molecule has 0 aliphatic carbocycles. The number of rotatable bonds is 5. The summed E-state index contributed by atoms with van der Waals surface area (Å²) in [5.74, 6) is 0.104. The van der Waals surface area contributed by atoms with E-state index in [1.807, 2.05) is 19.1 Å². The average Bonchev–Trinajstić information content (AvgIpc) is 2.47. The quantitative estimate of drug-likeness (QED) is 0.757. The summed E-state index contributed by atoms with van der Waals surface area (Å²) in [5.41, 5.74) is 1.09. The van der Waals surface area contributed by atoms with Crippen LogP contribution in [0.5, 0.6) is 11.5 Å². The van der Waals surface area contributed by atoms with Gasteiger partial charge in [0.25, 0.3) is 0 Å². The fourth-order valence-corrected chi connectivity index (χ4v) is 2.19. The zero-order chi connectivity index (χ0) is 15.4. The van der Waals surface area contributed by atoms with Crippen molar-refractivity contribution in [1.29, 1.82) is 0 Å². The third-order valence-electron chi connectivity index (χ3n) is 2.97. The van der Waals surface area contributed by atoms with Gasteiger partial charge >= 0.3 is 0 Å². The molecule has 0 radical (unpaired) electrons. The molecule has 0 heterocycles. The molecule has 5 heteroatoms. The summed E-state index contributed by atoms with van der Waals surface area (Å²) in [6.07, 6.45) is 0. The van der Waals surface area contributed by atoms with Crippen LogP contribution in [0, 0.1) is 12.7 Å². The number of carbonyl (C=O) groups excluding carboxylic acids is 1. The lowest BCUT2D eigenvalue weighted by atomic mass is 10.1. The van der Waals surface area contributed by atoms with Crippen molar-refractivity contribution in [2.75, 3.05) is 13.7 Å². The van der Waals surface area contributed by atoms with Gasteiger partial charge in [-0.1, -0.05) is 22.0 Å². The van der Waals surface area contributed by atoms with Gasteiger partial charge in [0.2, 0.25) is 5.78 Å². The molecule has 110 valence electrons. The van der Waals surface area contributed by atoms with E-state index in [4.69, 9.17) is 9.47 Å². The second kappa shape index (κ2) is 6.72. The van der Waals surface area contributed by atoms with Crippen molar-refractivity contribution < 1.29 is 18.7 Å². The highest BCUT2D eigenvalue weighted by Crippen LogP contribution is 2.24. The van der Waals surface area contributed by atoms with Gasteiger partial charge in [0.05, 0.1) is 12.7 Å². The minimum Gasteiger partial charge on any atom is -0.496 e. The summed E-state index contributed by atoms with van der Waals surface area (Å²) in [7, 11) is 1.43. The van der Waals surface area contributed by atoms with Gasteiger partial charge in [-0.15, -0.1) is 0 Å². The Hall–Kier alpha value is -1.88. The summed E-state index contributed by atoms with van der Waals surface area (Å²) in [4.78, 5) is 12.2. The molecule has 0 fully saturated rings. The predicted octanol–water partition coefficient (Wildman–Crippen LogP) is 4.17. The monoisotopic (exact) mass is 352 g/mol. The van der Waals surface area contributed by atoms with Crippen LogP contribution in [0.4, 0.5) is 4.39 Å². The first-order chi connectivity index (χ1) is 10.0. The molecule has 2 aromatic rings. The summed E-state index contributed by atoms with van der Waals surface area (Å²) < 4.78 is 24.7. The number of ketones is 1. The Balaban J connectivity index is 2.15. The van der Waals surface area contributed by atoms with Gasteiger partial charge in [-0.05, 0) is 42.8 Å². The van der Waals surface area contributed by atoms with Gasteiger partial charge in [0, 0.05) is 4.47 Å². The van der Waals surface area contributed by atoms with E-state index in [-0.39, 0.29) is 18.0 Å². The van der Waals surface area contributed by atoms with Crippen LogP contribution in [-0.4, -0.2) is 19.5 Å². The van der Waals surface area contributed by atoms with Crippen LogP contribution in [0.2, 0.25) is 0 Å². The van der Waals surface area contributed by atoms with Gasteiger partial charge in [-0.2, -0.15) is 0 Å². The molecule has 0 N–H and O–H groups in total. The molecular formula is C16H14BrFO3. The second-order valence-electron chi connectivity index (χ2n) is 4.47. The Morgan fingerprint density at radius 3 is 2.67 bits per heavy atom. The molecule has 0 saturated heterocycles. The smallest absolute Gasteiger partial charge is 0.204 e. The van der Waals surface area contributed by atoms with E-state index in [0.717, 1.165) is 16.1 Å². The number of halogens is 2. The van der Waals surface area contributed by atoms with E-state index in [9.17, 15) is 9.18 Å². The molecule has 0 bridgehead atoms. The zero-order valence-corrected chi connectivity index (χ0v) is 13.2. The highest BCUT2D eigenvalue weighted by molar-refractivity contribution is 9.10. The van der Waals surface area contributed by atoms with Crippen LogP contribution < -0.4 is 9.47 Å². The molecule has 3 nitrogen and oxygen atoms in total. The Bertz CT molecular complexity index is 671. The fourth-order valence-electron chi connectivity index (χ4n) is 1.85. The number of ether oxygens (including phenoxy) is 2. The van der Waals surface area contributed by atoms with Crippen molar-refractivity contribution in [3.05, 3.63) is 57.8 Å². The number of hydrogen-bond donors (Lipinski definition) is 0. The van der Waals surface area contributed by atoms with Crippen LogP contribution in [0.3, 0.4) is 0 Å². The maximum atomic E-state index is 13.3. The fraction of sp³-hybridized carbons (Fsp3) is 0.188. The highest BCUT2D eigenvalue weighted by Gasteiger charge is 2.14. The number of carbonyl (C=O) groups is 1. The maximum Gasteiger partial charge on any atom is 0.204 e. The molecule has 0 atom stereocenters. The summed E-state index contributed by atoms with van der Waals surface area (Å²) in [6, 6.07) is 9.37. The molecule has 0 aliphatic heterocycles. The molecular weight excluding hydrogens is 339 g/mol. The Morgan fingerprint density at radius 1 is 1.19 bits per heavy atom. The van der Waals surface area contributed by atoms with Gasteiger partial charge < -0.3 is 9.47 Å². The topological polar surface area (TPSA) is 35.5 Å². The van der Waals surface area contributed by atoms with E-state index in [1.165, 1.54) is 19.2 Å². The lowest BCUT2D eigenvalue weighted by Crippen LogP contribution is -2.13. The molecule has 2 aromatic carbocycles. The van der Waals surface area contributed by atoms with Crippen LogP contribution in [0.15, 0.2) is 40.9 Å². The number of methoxy groups -OCH3 is 1. The summed E-state index contributed by atoms with van der Waals surface area (Å²) in [5, 5.41) is 0. The van der Waals surface area contributed by atoms with E-state index in [0.29, 0.717) is 11.5 Å². The molecule has 0 amide bonds. The van der Waals surface area contributed by atoms with Crippen molar-refractivity contribution >= 4 is 21.7 Å². The molecule has 0 unspecified atom stereocenters. The first kappa shape index (κ1) is 15.5. The minimum atomic E-state index is -0.488. The highest BCUT2D eigenvalue weighted by atomic mass is 79.9. The first-order valence-electron chi connectivity index (χ1n) is 6.27. The first-order valence-corrected chi connectivity index (χ1v) is 7.06. The third kappa shape index (κ3) is 3.82. The lowest BCUT2D eigenvalue weighted by Gasteiger charge is -2.11. The van der Waals surface area contributed by atoms with Gasteiger partial charge in [-0.25, -0.2) is 4.39 Å². The molecule has 0 aromatic heterocycles. The number of aryl methyl sites for hydroxylation is 1. The molecule has 0 aliphatic rings. The molecule has 2 rings (SSSR count). The third-order valence-corrected chi connectivity index (χ3v) is 3.46. The van der Waals surface area contributed by atoms with Gasteiger partial charge in [0.15, 0.2) is 6.61 Å². The largest absolute Gasteiger partial charge is 0.496 e. The van der Waals surface area contributed by atoms with Crippen LogP contribution >= 0.6 is 15.9 Å². The summed E-state index contributed by atoms with van der Waals surface area (Å²) >= 11 is 3.35. The van der Waals surface area contributed by atoms with Crippen molar-refractivity contribution in [3.63, 3.8) is 0 Å². The van der Waals surface area contributed by atoms with E-state index < -0.39 is 5.82 Å². The predicted molar refractivity (Wildman–Crippen MR) is 81.7 cm³/mol. The van der Waals surface area contributed by atoms with Crippen molar-refractivity contribution in [3.8, 4) is 11.5 Å². The summed E-state index contributed by atoms with van der Waals surface area (Å²) in [6.45, 7) is 1.70. The normalized spacial score (nSPS) is 10.3. The van der Waals surface area contributed by atoms with Crippen LogP contribution in [-0.2, 0) is 0 Å². The van der Waals surface area contributed by atoms with Crippen molar-refractivity contribution in [1.82, 2.24) is 0 Å². The number of Topliss-reactive ketones (excluding diaryl/α,β-unsaturated/α-hetero) is 1. The molecule has 0 spiro atoms. The Kier molecular flexibility index (Phi) is 4.96. The van der Waals surface area contributed by atoms with Gasteiger partial charge in [0.1, 0.15) is 17.3 Å². The van der Waals surface area contributed by atoms with Crippen molar-refractivity contribution in [2.45, 2.75) is 6.92 Å². The van der Waals surface area contributed by atoms with Crippen molar-refractivity contribution in [2.24, 2.45) is 0 Å². The Morgan fingerprint density at radius 2 is 1.95 bits per heavy atom. The molecule has 0 saturated carbocycles. The standard InChI is InChI=1S/C16H14BrFO3/c1-10-3-4-11(17)7-16(10)21-9-14(19)13-8-12(18)5-6-15(13)20-2/h3-8H,9H2,1-2H3. The number of benzene rings is 2. The average molecular weight is 353 g/mol. The second-order valence-corrected chi connectivity index (χ2v) is 5.38. The maximum absolute atomic E-state index is 13.3. The van der Waals surface area contributed by atoms with E-state index in [1.54, 1.807) is 6.07 Å². The Labute approximate surface area is 130 Å². The van der Waals surface area contributed by atoms with Gasteiger partial charge in [-0.3, -0.25) is 4.79 Å².